The molecule has 1 fully saturated rings. The smallest absolute Gasteiger partial charge is 0.231 e. The van der Waals surface area contributed by atoms with Gasteiger partial charge in [0.05, 0.1) is 0 Å². The van der Waals surface area contributed by atoms with Crippen molar-refractivity contribution in [2.45, 2.75) is 0 Å². The van der Waals surface area contributed by atoms with E-state index in [1.807, 2.05) is 42.4 Å². The van der Waals surface area contributed by atoms with Gasteiger partial charge >= 0.3 is 0 Å². The first-order valence-electron chi connectivity index (χ1n) is 8.98. The molecule has 5 heteroatoms. The SMILES string of the molecule is CN(c1ccccc1)c1nccc(N2CCN(c3ccccc3)CC2)n1. The Kier molecular flexibility index (Phi) is 4.69. The Balaban J connectivity index is 1.46. The molecular formula is C21H23N5. The second-order valence-corrected chi connectivity index (χ2v) is 6.42. The molecule has 0 unspecified atom stereocenters. The van der Waals surface area contributed by atoms with Crippen molar-refractivity contribution in [1.29, 1.82) is 0 Å². The lowest BCUT2D eigenvalue weighted by molar-refractivity contribution is 0.646. The number of hydrogen-bond acceptors (Lipinski definition) is 5. The average molecular weight is 345 g/mol. The Bertz CT molecular complexity index is 829. The van der Waals surface area contributed by atoms with E-state index in [0.717, 1.165) is 43.6 Å². The van der Waals surface area contributed by atoms with E-state index < -0.39 is 0 Å². The zero-order chi connectivity index (χ0) is 17.8. The molecule has 0 atom stereocenters. The summed E-state index contributed by atoms with van der Waals surface area (Å²) in [6.45, 7) is 3.91. The molecular weight excluding hydrogens is 322 g/mol. The number of hydrogen-bond donors (Lipinski definition) is 0. The first-order valence-corrected chi connectivity index (χ1v) is 8.98. The highest BCUT2D eigenvalue weighted by Crippen LogP contribution is 2.23. The van der Waals surface area contributed by atoms with Gasteiger partial charge in [0.15, 0.2) is 0 Å². The normalized spacial score (nSPS) is 14.3. The fourth-order valence-corrected chi connectivity index (χ4v) is 3.28. The second kappa shape index (κ2) is 7.44. The minimum atomic E-state index is 0.721. The Morgan fingerprint density at radius 2 is 1.38 bits per heavy atom. The van der Waals surface area contributed by atoms with Crippen LogP contribution < -0.4 is 14.7 Å². The monoisotopic (exact) mass is 345 g/mol. The number of rotatable bonds is 4. The molecule has 5 nitrogen and oxygen atoms in total. The number of benzene rings is 2. The van der Waals surface area contributed by atoms with E-state index in [4.69, 9.17) is 4.98 Å². The van der Waals surface area contributed by atoms with Crippen LogP contribution in [0.3, 0.4) is 0 Å². The molecule has 0 N–H and O–H groups in total. The van der Waals surface area contributed by atoms with Gasteiger partial charge in [-0.2, -0.15) is 4.98 Å². The molecule has 0 amide bonds. The molecule has 0 radical (unpaired) electrons. The van der Waals surface area contributed by atoms with Gasteiger partial charge in [0.1, 0.15) is 5.82 Å². The van der Waals surface area contributed by atoms with Crippen molar-refractivity contribution in [2.75, 3.05) is 47.9 Å². The Morgan fingerprint density at radius 3 is 2.08 bits per heavy atom. The predicted molar refractivity (Wildman–Crippen MR) is 107 cm³/mol. The fraction of sp³-hybridized carbons (Fsp3) is 0.238. The van der Waals surface area contributed by atoms with Crippen LogP contribution in [0.25, 0.3) is 0 Å². The third-order valence-electron chi connectivity index (χ3n) is 4.80. The van der Waals surface area contributed by atoms with Crippen LogP contribution in [0.4, 0.5) is 23.1 Å². The van der Waals surface area contributed by atoms with Crippen LogP contribution in [0.15, 0.2) is 72.9 Å². The summed E-state index contributed by atoms with van der Waals surface area (Å²) in [6, 6.07) is 22.8. The van der Waals surface area contributed by atoms with E-state index in [1.54, 1.807) is 0 Å². The maximum atomic E-state index is 4.79. The first-order chi connectivity index (χ1) is 12.8. The lowest BCUT2D eigenvalue weighted by atomic mass is 10.2. The van der Waals surface area contributed by atoms with Gasteiger partial charge in [-0.15, -0.1) is 0 Å². The molecule has 26 heavy (non-hydrogen) atoms. The summed E-state index contributed by atoms with van der Waals surface area (Å²) in [4.78, 5) is 16.0. The van der Waals surface area contributed by atoms with Gasteiger partial charge in [-0.3, -0.25) is 0 Å². The lowest BCUT2D eigenvalue weighted by Gasteiger charge is -2.36. The molecule has 0 aliphatic carbocycles. The minimum absolute atomic E-state index is 0.721. The molecule has 2 aromatic carbocycles. The Labute approximate surface area is 154 Å². The van der Waals surface area contributed by atoms with Gasteiger partial charge < -0.3 is 14.7 Å². The Hall–Kier alpha value is -3.08. The van der Waals surface area contributed by atoms with Crippen molar-refractivity contribution in [2.24, 2.45) is 0 Å². The van der Waals surface area contributed by atoms with Crippen molar-refractivity contribution >= 4 is 23.1 Å². The highest BCUT2D eigenvalue weighted by molar-refractivity contribution is 5.58. The van der Waals surface area contributed by atoms with Crippen LogP contribution in [0, 0.1) is 0 Å². The molecule has 4 rings (SSSR count). The quantitative estimate of drug-likeness (QED) is 0.722. The molecule has 2 heterocycles. The summed E-state index contributed by atoms with van der Waals surface area (Å²) in [6.07, 6.45) is 1.85. The van der Waals surface area contributed by atoms with Crippen LogP contribution in [-0.4, -0.2) is 43.2 Å². The second-order valence-electron chi connectivity index (χ2n) is 6.42. The van der Waals surface area contributed by atoms with Crippen LogP contribution in [0.5, 0.6) is 0 Å². The third kappa shape index (κ3) is 3.47. The zero-order valence-corrected chi connectivity index (χ0v) is 15.0. The molecule has 132 valence electrons. The molecule has 1 saturated heterocycles. The fourth-order valence-electron chi connectivity index (χ4n) is 3.28. The van der Waals surface area contributed by atoms with Gasteiger partial charge in [-0.1, -0.05) is 36.4 Å². The van der Waals surface area contributed by atoms with Crippen molar-refractivity contribution in [1.82, 2.24) is 9.97 Å². The number of nitrogens with zero attached hydrogens (tertiary/aromatic N) is 5. The number of para-hydroxylation sites is 2. The van der Waals surface area contributed by atoms with Crippen molar-refractivity contribution < 1.29 is 0 Å². The third-order valence-corrected chi connectivity index (χ3v) is 4.80. The van der Waals surface area contributed by atoms with E-state index >= 15 is 0 Å². The number of aromatic nitrogens is 2. The van der Waals surface area contributed by atoms with Crippen LogP contribution in [0.2, 0.25) is 0 Å². The number of anilines is 4. The molecule has 0 bridgehead atoms. The van der Waals surface area contributed by atoms with Crippen LogP contribution in [0.1, 0.15) is 0 Å². The molecule has 0 spiro atoms. The molecule has 0 saturated carbocycles. The first kappa shape index (κ1) is 16.4. The van der Waals surface area contributed by atoms with Crippen molar-refractivity contribution in [3.63, 3.8) is 0 Å². The van der Waals surface area contributed by atoms with E-state index in [-0.39, 0.29) is 0 Å². The van der Waals surface area contributed by atoms with E-state index in [2.05, 4.69) is 57.2 Å². The van der Waals surface area contributed by atoms with E-state index in [1.165, 1.54) is 5.69 Å². The Morgan fingerprint density at radius 1 is 0.769 bits per heavy atom. The topological polar surface area (TPSA) is 35.5 Å². The highest BCUT2D eigenvalue weighted by atomic mass is 15.3. The summed E-state index contributed by atoms with van der Waals surface area (Å²) >= 11 is 0. The van der Waals surface area contributed by atoms with Gasteiger partial charge in [0, 0.05) is 50.8 Å². The van der Waals surface area contributed by atoms with Gasteiger partial charge in [0.25, 0.3) is 0 Å². The van der Waals surface area contributed by atoms with E-state index in [9.17, 15) is 0 Å². The average Bonchev–Trinajstić information content (AvgIpc) is 2.75. The molecule has 1 aromatic heterocycles. The highest BCUT2D eigenvalue weighted by Gasteiger charge is 2.19. The van der Waals surface area contributed by atoms with Gasteiger partial charge in [-0.25, -0.2) is 4.98 Å². The number of piperazine rings is 1. The predicted octanol–water partition coefficient (Wildman–Crippen LogP) is 3.57. The molecule has 3 aromatic rings. The summed E-state index contributed by atoms with van der Waals surface area (Å²) in [5.41, 5.74) is 2.37. The maximum absolute atomic E-state index is 4.79. The zero-order valence-electron chi connectivity index (χ0n) is 15.0. The molecule has 1 aliphatic heterocycles. The molecule has 1 aliphatic rings. The maximum Gasteiger partial charge on any atom is 0.231 e. The van der Waals surface area contributed by atoms with Crippen LogP contribution in [-0.2, 0) is 0 Å². The van der Waals surface area contributed by atoms with Crippen molar-refractivity contribution in [3.05, 3.63) is 72.9 Å². The summed E-state index contributed by atoms with van der Waals surface area (Å²) in [5, 5.41) is 0. The van der Waals surface area contributed by atoms with Gasteiger partial charge in [-0.05, 0) is 30.3 Å². The summed E-state index contributed by atoms with van der Waals surface area (Å²) in [7, 11) is 2.00. The summed E-state index contributed by atoms with van der Waals surface area (Å²) < 4.78 is 0. The van der Waals surface area contributed by atoms with E-state index in [0.29, 0.717) is 0 Å². The van der Waals surface area contributed by atoms with Crippen LogP contribution >= 0.6 is 0 Å². The van der Waals surface area contributed by atoms with Crippen molar-refractivity contribution in [3.8, 4) is 0 Å². The summed E-state index contributed by atoms with van der Waals surface area (Å²) in [5.74, 6) is 1.71. The standard InChI is InChI=1S/C21H23N5/c1-24(18-8-4-2-5-9-18)21-22-13-12-20(23-21)26-16-14-25(15-17-26)19-10-6-3-7-11-19/h2-13H,14-17H2,1H3. The van der Waals surface area contributed by atoms with Gasteiger partial charge in [0.2, 0.25) is 5.95 Å². The minimum Gasteiger partial charge on any atom is -0.368 e. The lowest BCUT2D eigenvalue weighted by Crippen LogP contribution is -2.46. The largest absolute Gasteiger partial charge is 0.368 e.